The Labute approximate surface area is 97.4 Å². The summed E-state index contributed by atoms with van der Waals surface area (Å²) >= 11 is 3.42. The zero-order chi connectivity index (χ0) is 10.7. The summed E-state index contributed by atoms with van der Waals surface area (Å²) in [6, 6.07) is 18.4. The molecule has 0 aromatic heterocycles. The summed E-state index contributed by atoms with van der Waals surface area (Å²) in [5, 5.41) is 8.05. The Hall–Kier alpha value is -1.41. The molecule has 0 heterocycles. The van der Waals surface area contributed by atoms with Crippen molar-refractivity contribution < 1.29 is 0 Å². The van der Waals surface area contributed by atoms with Crippen LogP contribution >= 0.6 is 15.9 Å². The molecule has 73 valence electrons. The third-order valence-electron chi connectivity index (χ3n) is 2.12. The molecule has 1 N–H and O–H groups in total. The second kappa shape index (κ2) is 4.41. The van der Waals surface area contributed by atoms with Crippen molar-refractivity contribution in [3.63, 3.8) is 0 Å². The van der Waals surface area contributed by atoms with Crippen LogP contribution in [0.25, 0.3) is 0 Å². The summed E-state index contributed by atoms with van der Waals surface area (Å²) in [6.45, 7) is 0. The molecule has 0 saturated carbocycles. The second-order valence-electron chi connectivity index (χ2n) is 3.13. The number of halogens is 1. The lowest BCUT2D eigenvalue weighted by molar-refractivity contribution is 1.44. The van der Waals surface area contributed by atoms with E-state index < -0.39 is 0 Å². The molecule has 0 spiro atoms. The highest BCUT2D eigenvalue weighted by Crippen LogP contribution is 2.18. The van der Waals surface area contributed by atoms with Gasteiger partial charge in [0.2, 0.25) is 0 Å². The van der Waals surface area contributed by atoms with Gasteiger partial charge in [0.15, 0.2) is 0 Å². The Bertz CT molecular complexity index is 477. The zero-order valence-corrected chi connectivity index (χ0v) is 9.58. The van der Waals surface area contributed by atoms with Crippen LogP contribution in [0.2, 0.25) is 0 Å². The van der Waals surface area contributed by atoms with Crippen LogP contribution in [0.5, 0.6) is 0 Å². The first kappa shape index (κ1) is 10.1. The summed E-state index contributed by atoms with van der Waals surface area (Å²) in [5.74, 6) is 0. The molecule has 0 bridgehead atoms. The van der Waals surface area contributed by atoms with Gasteiger partial charge >= 0.3 is 0 Å². The number of benzene rings is 2. The van der Waals surface area contributed by atoms with E-state index in [-0.39, 0.29) is 0 Å². The molecule has 0 aliphatic rings. The standard InChI is InChI=1S/C13H9BrN/c14-12-9-5-4-8-11(12)13(15)10-6-2-1-3-7-10/h1-7,9,15H. The van der Waals surface area contributed by atoms with Crippen molar-refractivity contribution in [2.45, 2.75) is 0 Å². The molecule has 2 aromatic rings. The van der Waals surface area contributed by atoms with Crippen LogP contribution in [-0.2, 0) is 0 Å². The van der Waals surface area contributed by atoms with Crippen molar-refractivity contribution in [1.29, 1.82) is 5.41 Å². The van der Waals surface area contributed by atoms with Crippen LogP contribution in [0.15, 0.2) is 53.0 Å². The molecule has 0 atom stereocenters. The van der Waals surface area contributed by atoms with E-state index in [0.717, 1.165) is 15.6 Å². The molecule has 2 aromatic carbocycles. The van der Waals surface area contributed by atoms with Crippen LogP contribution in [0.3, 0.4) is 0 Å². The van der Waals surface area contributed by atoms with Gasteiger partial charge in [0.1, 0.15) is 0 Å². The fourth-order valence-corrected chi connectivity index (χ4v) is 1.82. The van der Waals surface area contributed by atoms with Crippen LogP contribution in [-0.4, -0.2) is 5.71 Å². The Morgan fingerprint density at radius 3 is 2.47 bits per heavy atom. The van der Waals surface area contributed by atoms with E-state index in [2.05, 4.69) is 22.0 Å². The van der Waals surface area contributed by atoms with E-state index in [0.29, 0.717) is 5.71 Å². The lowest BCUT2D eigenvalue weighted by Crippen LogP contribution is -2.01. The third kappa shape index (κ3) is 2.16. The average Bonchev–Trinajstić information content (AvgIpc) is 2.30. The molecular weight excluding hydrogens is 250 g/mol. The van der Waals surface area contributed by atoms with E-state index in [4.69, 9.17) is 5.41 Å². The average molecular weight is 259 g/mol. The minimum Gasteiger partial charge on any atom is -0.300 e. The topological polar surface area (TPSA) is 23.9 Å². The summed E-state index contributed by atoms with van der Waals surface area (Å²) in [4.78, 5) is 0. The van der Waals surface area contributed by atoms with Gasteiger partial charge in [0, 0.05) is 15.6 Å². The van der Waals surface area contributed by atoms with Gasteiger partial charge in [0.25, 0.3) is 0 Å². The fraction of sp³-hybridized carbons (Fsp3) is 0. The van der Waals surface area contributed by atoms with Gasteiger partial charge in [-0.3, -0.25) is 5.41 Å². The molecule has 0 amide bonds. The van der Waals surface area contributed by atoms with E-state index in [9.17, 15) is 0 Å². The van der Waals surface area contributed by atoms with Gasteiger partial charge in [-0.15, -0.1) is 0 Å². The first-order valence-corrected chi connectivity index (χ1v) is 5.39. The van der Waals surface area contributed by atoms with Gasteiger partial charge in [0.05, 0.1) is 5.71 Å². The highest BCUT2D eigenvalue weighted by atomic mass is 79.9. The van der Waals surface area contributed by atoms with Gasteiger partial charge < -0.3 is 0 Å². The van der Waals surface area contributed by atoms with E-state index in [1.165, 1.54) is 0 Å². The molecule has 0 fully saturated rings. The van der Waals surface area contributed by atoms with Gasteiger partial charge in [-0.25, -0.2) is 0 Å². The summed E-state index contributed by atoms with van der Waals surface area (Å²) in [5.41, 5.74) is 2.19. The minimum atomic E-state index is 0.489. The Morgan fingerprint density at radius 1 is 1.07 bits per heavy atom. The number of hydrogen-bond donors (Lipinski definition) is 1. The maximum Gasteiger partial charge on any atom is 0.0702 e. The number of nitrogens with one attached hydrogen (secondary N) is 1. The molecule has 2 rings (SSSR count). The van der Waals surface area contributed by atoms with Crippen LogP contribution in [0.4, 0.5) is 0 Å². The Balaban J connectivity index is 2.42. The number of rotatable bonds is 2. The molecular formula is C13H9BrN. The van der Waals surface area contributed by atoms with Gasteiger partial charge in [-0.05, 0) is 12.1 Å². The predicted octanol–water partition coefficient (Wildman–Crippen LogP) is 3.67. The maximum absolute atomic E-state index is 8.05. The highest BCUT2D eigenvalue weighted by molar-refractivity contribution is 9.10. The summed E-state index contributed by atoms with van der Waals surface area (Å²) < 4.78 is 0.902. The van der Waals surface area contributed by atoms with Crippen molar-refractivity contribution in [1.82, 2.24) is 0 Å². The van der Waals surface area contributed by atoms with Crippen LogP contribution in [0, 0.1) is 11.5 Å². The van der Waals surface area contributed by atoms with Crippen molar-refractivity contribution in [3.05, 3.63) is 70.2 Å². The maximum atomic E-state index is 8.05. The van der Waals surface area contributed by atoms with Crippen LogP contribution in [0.1, 0.15) is 11.1 Å². The lowest BCUT2D eigenvalue weighted by Gasteiger charge is -2.05. The quantitative estimate of drug-likeness (QED) is 0.796. The van der Waals surface area contributed by atoms with Crippen molar-refractivity contribution in [2.24, 2.45) is 0 Å². The zero-order valence-electron chi connectivity index (χ0n) is 8.00. The fourth-order valence-electron chi connectivity index (χ4n) is 1.36. The predicted molar refractivity (Wildman–Crippen MR) is 65.4 cm³/mol. The van der Waals surface area contributed by atoms with Crippen LogP contribution < -0.4 is 0 Å². The number of hydrogen-bond acceptors (Lipinski definition) is 1. The largest absolute Gasteiger partial charge is 0.300 e. The van der Waals surface area contributed by atoms with E-state index in [1.54, 1.807) is 0 Å². The smallest absolute Gasteiger partial charge is 0.0702 e. The van der Waals surface area contributed by atoms with Gasteiger partial charge in [-0.2, -0.15) is 0 Å². The molecule has 0 aliphatic carbocycles. The molecule has 15 heavy (non-hydrogen) atoms. The minimum absolute atomic E-state index is 0.489. The molecule has 0 saturated heterocycles. The third-order valence-corrected chi connectivity index (χ3v) is 2.78. The monoisotopic (exact) mass is 258 g/mol. The summed E-state index contributed by atoms with van der Waals surface area (Å²) in [6.07, 6.45) is 0. The summed E-state index contributed by atoms with van der Waals surface area (Å²) in [7, 11) is 0. The normalized spacial score (nSPS) is 9.93. The highest BCUT2D eigenvalue weighted by Gasteiger charge is 2.07. The van der Waals surface area contributed by atoms with Crippen molar-refractivity contribution >= 4 is 21.6 Å². The lowest BCUT2D eigenvalue weighted by atomic mass is 10.0. The first-order chi connectivity index (χ1) is 7.29. The second-order valence-corrected chi connectivity index (χ2v) is 3.99. The van der Waals surface area contributed by atoms with E-state index >= 15 is 0 Å². The molecule has 0 aliphatic heterocycles. The molecule has 2 heteroatoms. The van der Waals surface area contributed by atoms with Crippen molar-refractivity contribution in [2.75, 3.05) is 0 Å². The first-order valence-electron chi connectivity index (χ1n) is 4.59. The van der Waals surface area contributed by atoms with E-state index in [1.807, 2.05) is 48.5 Å². The van der Waals surface area contributed by atoms with Gasteiger partial charge in [-0.1, -0.05) is 58.4 Å². The molecule has 0 unspecified atom stereocenters. The van der Waals surface area contributed by atoms with Crippen molar-refractivity contribution in [3.8, 4) is 0 Å². The Morgan fingerprint density at radius 2 is 1.80 bits per heavy atom. The molecule has 1 nitrogen and oxygen atoms in total. The Kier molecular flexibility index (Phi) is 2.97. The SMILES string of the molecule is N=C(c1ccccc1)c1[c]cccc1Br. The molecule has 1 radical (unpaired) electrons.